The Kier molecular flexibility index (Phi) is 3.74. The molecule has 140 valence electrons. The van der Waals surface area contributed by atoms with Crippen LogP contribution in [0.4, 0.5) is 5.69 Å². The van der Waals surface area contributed by atoms with Gasteiger partial charge in [0.1, 0.15) is 0 Å². The third-order valence-corrected chi connectivity index (χ3v) is 6.89. The fourth-order valence-electron chi connectivity index (χ4n) is 5.33. The van der Waals surface area contributed by atoms with E-state index in [4.69, 9.17) is 0 Å². The van der Waals surface area contributed by atoms with E-state index in [0.29, 0.717) is 17.2 Å². The van der Waals surface area contributed by atoms with Gasteiger partial charge < -0.3 is 4.90 Å². The van der Waals surface area contributed by atoms with Crippen LogP contribution in [0.25, 0.3) is 0 Å². The summed E-state index contributed by atoms with van der Waals surface area (Å²) in [4.78, 5) is 42.0. The van der Waals surface area contributed by atoms with E-state index in [1.54, 1.807) is 24.3 Å². The summed E-state index contributed by atoms with van der Waals surface area (Å²) in [7, 11) is 0. The Morgan fingerprint density at radius 2 is 1.63 bits per heavy atom. The highest BCUT2D eigenvalue weighted by Gasteiger charge is 2.59. The zero-order valence-corrected chi connectivity index (χ0v) is 15.5. The first-order valence-electron chi connectivity index (χ1n) is 10.00. The number of carbonyl (C=O) groups is 3. The minimum absolute atomic E-state index is 0.00947. The molecule has 5 nitrogen and oxygen atoms in total. The van der Waals surface area contributed by atoms with Gasteiger partial charge in [0.05, 0.1) is 17.5 Å². The molecule has 4 atom stereocenters. The van der Waals surface area contributed by atoms with Crippen molar-refractivity contribution in [2.75, 3.05) is 18.0 Å². The molecule has 1 aromatic carbocycles. The van der Waals surface area contributed by atoms with Gasteiger partial charge in [0.2, 0.25) is 11.8 Å². The Morgan fingerprint density at radius 3 is 2.26 bits per heavy atom. The number of benzene rings is 1. The predicted molar refractivity (Wildman–Crippen MR) is 101 cm³/mol. The first-order valence-corrected chi connectivity index (χ1v) is 10.00. The number of allylic oxidation sites excluding steroid dienone is 2. The van der Waals surface area contributed by atoms with Gasteiger partial charge in [-0.05, 0) is 55.2 Å². The molecule has 3 amide bonds. The number of imide groups is 1. The highest BCUT2D eigenvalue weighted by Crippen LogP contribution is 2.53. The molecule has 0 spiro atoms. The van der Waals surface area contributed by atoms with E-state index < -0.39 is 0 Å². The number of nitrogens with zero attached hydrogens (tertiary/aromatic N) is 2. The molecule has 0 aromatic heterocycles. The van der Waals surface area contributed by atoms with Crippen molar-refractivity contribution in [3.63, 3.8) is 0 Å². The van der Waals surface area contributed by atoms with E-state index in [2.05, 4.69) is 19.1 Å². The van der Waals surface area contributed by atoms with E-state index in [0.717, 1.165) is 32.4 Å². The Morgan fingerprint density at radius 1 is 1.00 bits per heavy atom. The number of likely N-dealkylation sites (tertiary alicyclic amines) is 1. The molecule has 1 aromatic rings. The fourth-order valence-corrected chi connectivity index (χ4v) is 5.33. The fraction of sp³-hybridized carbons (Fsp3) is 0.500. The molecule has 0 radical (unpaired) electrons. The van der Waals surface area contributed by atoms with Crippen LogP contribution in [0.3, 0.4) is 0 Å². The van der Waals surface area contributed by atoms with Crippen molar-refractivity contribution < 1.29 is 14.4 Å². The normalized spacial score (nSPS) is 32.5. The largest absolute Gasteiger partial charge is 0.339 e. The van der Waals surface area contributed by atoms with Crippen LogP contribution in [-0.4, -0.2) is 35.7 Å². The lowest BCUT2D eigenvalue weighted by molar-refractivity contribution is -0.123. The maximum atomic E-state index is 13.0. The summed E-state index contributed by atoms with van der Waals surface area (Å²) in [6.45, 7) is 3.75. The number of piperidine rings is 1. The molecule has 5 heteroatoms. The molecule has 3 fully saturated rings. The van der Waals surface area contributed by atoms with Crippen LogP contribution in [-0.2, 0) is 9.59 Å². The molecule has 0 N–H and O–H groups in total. The molecule has 1 saturated carbocycles. The molecule has 2 heterocycles. The Bertz CT molecular complexity index is 823. The summed E-state index contributed by atoms with van der Waals surface area (Å²) in [5.74, 6) is 0.416. The van der Waals surface area contributed by atoms with Crippen LogP contribution >= 0.6 is 0 Å². The number of hydrogen-bond acceptors (Lipinski definition) is 3. The van der Waals surface area contributed by atoms with Crippen molar-refractivity contribution in [3.05, 3.63) is 42.0 Å². The average Bonchev–Trinajstić information content (AvgIpc) is 3.36. The molecule has 2 aliphatic carbocycles. The van der Waals surface area contributed by atoms with Crippen LogP contribution in [0.15, 0.2) is 36.4 Å². The zero-order chi connectivity index (χ0) is 18.7. The summed E-state index contributed by atoms with van der Waals surface area (Å²) in [5.41, 5.74) is 1.09. The third kappa shape index (κ3) is 2.47. The number of anilines is 1. The van der Waals surface area contributed by atoms with Gasteiger partial charge >= 0.3 is 0 Å². The van der Waals surface area contributed by atoms with Crippen molar-refractivity contribution in [3.8, 4) is 0 Å². The van der Waals surface area contributed by atoms with Crippen molar-refractivity contribution in [2.24, 2.45) is 29.6 Å². The van der Waals surface area contributed by atoms with Gasteiger partial charge in [-0.1, -0.05) is 25.1 Å². The summed E-state index contributed by atoms with van der Waals surface area (Å²) in [6, 6.07) is 7.03. The highest BCUT2D eigenvalue weighted by molar-refractivity contribution is 6.23. The van der Waals surface area contributed by atoms with Gasteiger partial charge in [-0.2, -0.15) is 0 Å². The lowest BCUT2D eigenvalue weighted by atomic mass is 9.85. The van der Waals surface area contributed by atoms with Crippen molar-refractivity contribution in [1.82, 2.24) is 4.90 Å². The van der Waals surface area contributed by atoms with E-state index in [9.17, 15) is 14.4 Å². The average molecular weight is 364 g/mol. The predicted octanol–water partition coefficient (Wildman–Crippen LogP) is 2.87. The van der Waals surface area contributed by atoms with Crippen LogP contribution in [0.2, 0.25) is 0 Å². The van der Waals surface area contributed by atoms with Crippen LogP contribution in [0.5, 0.6) is 0 Å². The number of carbonyl (C=O) groups excluding carboxylic acids is 3. The lowest BCUT2D eigenvalue weighted by Gasteiger charge is -2.30. The molecule has 2 bridgehead atoms. The minimum atomic E-state index is -0.213. The van der Waals surface area contributed by atoms with Gasteiger partial charge in [-0.25, -0.2) is 4.90 Å². The molecule has 27 heavy (non-hydrogen) atoms. The van der Waals surface area contributed by atoms with Crippen molar-refractivity contribution in [2.45, 2.75) is 26.2 Å². The maximum Gasteiger partial charge on any atom is 0.253 e. The Balaban J connectivity index is 1.41. The Hall–Kier alpha value is -2.43. The second kappa shape index (κ2) is 6.04. The summed E-state index contributed by atoms with van der Waals surface area (Å²) in [6.07, 6.45) is 7.16. The van der Waals surface area contributed by atoms with Crippen molar-refractivity contribution >= 4 is 23.4 Å². The van der Waals surface area contributed by atoms with Gasteiger partial charge in [0.25, 0.3) is 5.91 Å². The van der Waals surface area contributed by atoms with E-state index in [1.165, 1.54) is 4.90 Å². The molecule has 2 aliphatic heterocycles. The van der Waals surface area contributed by atoms with Crippen LogP contribution < -0.4 is 4.90 Å². The molecular weight excluding hydrogens is 340 g/mol. The second-order valence-corrected chi connectivity index (χ2v) is 8.54. The molecule has 4 aliphatic rings. The number of fused-ring (bicyclic) bond motifs is 5. The topological polar surface area (TPSA) is 57.7 Å². The first kappa shape index (κ1) is 16.7. The zero-order valence-electron chi connectivity index (χ0n) is 15.5. The van der Waals surface area contributed by atoms with E-state index in [1.807, 2.05) is 4.90 Å². The highest BCUT2D eigenvalue weighted by atomic mass is 16.2. The number of rotatable bonds is 2. The number of hydrogen-bond donors (Lipinski definition) is 0. The lowest BCUT2D eigenvalue weighted by Crippen LogP contribution is -2.38. The number of amides is 3. The monoisotopic (exact) mass is 364 g/mol. The molecule has 5 rings (SSSR count). The maximum absolute atomic E-state index is 13.0. The summed E-state index contributed by atoms with van der Waals surface area (Å²) in [5, 5.41) is 0. The van der Waals surface area contributed by atoms with Crippen LogP contribution in [0, 0.1) is 29.6 Å². The quantitative estimate of drug-likeness (QED) is 0.599. The standard InChI is InChI=1S/C22H24N2O3/c1-13-7-9-23(10-8-13)20(25)16-3-2-4-17(12-16)24-21(26)18-14-5-6-15(11-14)19(18)22(24)27/h2-6,12-15,18-19H,7-11H2,1H3/t14-,15+,18-,19-/m0/s1. The van der Waals surface area contributed by atoms with Gasteiger partial charge in [-0.3, -0.25) is 14.4 Å². The summed E-state index contributed by atoms with van der Waals surface area (Å²) >= 11 is 0. The smallest absolute Gasteiger partial charge is 0.253 e. The molecular formula is C22H24N2O3. The van der Waals surface area contributed by atoms with Crippen LogP contribution in [0.1, 0.15) is 36.5 Å². The van der Waals surface area contributed by atoms with Gasteiger partial charge in [0, 0.05) is 18.7 Å². The van der Waals surface area contributed by atoms with E-state index in [-0.39, 0.29) is 41.4 Å². The third-order valence-electron chi connectivity index (χ3n) is 6.89. The van der Waals surface area contributed by atoms with E-state index >= 15 is 0 Å². The second-order valence-electron chi connectivity index (χ2n) is 8.54. The molecule has 0 unspecified atom stereocenters. The first-order chi connectivity index (χ1) is 13.0. The Labute approximate surface area is 159 Å². The van der Waals surface area contributed by atoms with Gasteiger partial charge in [-0.15, -0.1) is 0 Å². The summed E-state index contributed by atoms with van der Waals surface area (Å²) < 4.78 is 0. The SMILES string of the molecule is CC1CCN(C(=O)c2cccc(N3C(=O)[C@@H]4[C@@H](C3=O)[C@H]3C=C[C@@H]4C3)c2)CC1. The minimum Gasteiger partial charge on any atom is -0.339 e. The molecule has 2 saturated heterocycles. The van der Waals surface area contributed by atoms with Gasteiger partial charge in [0.15, 0.2) is 0 Å². The van der Waals surface area contributed by atoms with Crippen molar-refractivity contribution in [1.29, 1.82) is 0 Å².